The minimum Gasteiger partial charge on any atom is -0.379 e. The fraction of sp³-hybridized carbons (Fsp3) is 0.0714. The third-order valence-electron chi connectivity index (χ3n) is 2.81. The number of non-ortho nitro benzene ring substituents is 1. The second-order valence-electron chi connectivity index (χ2n) is 4.19. The van der Waals surface area contributed by atoms with Gasteiger partial charge < -0.3 is 5.32 Å². The molecule has 2 aromatic carbocycles. The van der Waals surface area contributed by atoms with Gasteiger partial charge in [0.2, 0.25) is 0 Å². The first kappa shape index (κ1) is 14.9. The van der Waals surface area contributed by atoms with Crippen molar-refractivity contribution in [1.82, 2.24) is 0 Å². The summed E-state index contributed by atoms with van der Waals surface area (Å²) in [6.45, 7) is 0.293. The molecule has 1 N–H and O–H groups in total. The smallest absolute Gasteiger partial charge is 0.270 e. The summed E-state index contributed by atoms with van der Waals surface area (Å²) in [7, 11) is 0. The third-order valence-corrected chi connectivity index (χ3v) is 3.55. The van der Waals surface area contributed by atoms with E-state index in [9.17, 15) is 14.5 Å². The SMILES string of the molecule is N#Cc1ccc(NCc2ccc([N+](=O)[O-])cc2Br)c(F)c1. The Kier molecular flexibility index (Phi) is 4.50. The first-order valence-corrected chi connectivity index (χ1v) is 6.67. The number of nitriles is 1. The van der Waals surface area contributed by atoms with Gasteiger partial charge in [0.1, 0.15) is 5.82 Å². The number of rotatable bonds is 4. The molecule has 0 fully saturated rings. The number of hydrogen-bond acceptors (Lipinski definition) is 4. The predicted octanol–water partition coefficient (Wildman–Crippen LogP) is 3.98. The van der Waals surface area contributed by atoms with Crippen LogP contribution in [0.15, 0.2) is 40.9 Å². The fourth-order valence-corrected chi connectivity index (χ4v) is 2.22. The summed E-state index contributed by atoms with van der Waals surface area (Å²) in [5, 5.41) is 22.2. The monoisotopic (exact) mass is 349 g/mol. The first-order chi connectivity index (χ1) is 10.0. The van der Waals surface area contributed by atoms with Crippen molar-refractivity contribution in [3.63, 3.8) is 0 Å². The molecule has 0 bridgehead atoms. The molecule has 0 aliphatic heterocycles. The molecule has 21 heavy (non-hydrogen) atoms. The van der Waals surface area contributed by atoms with Gasteiger partial charge in [0.25, 0.3) is 5.69 Å². The minimum atomic E-state index is -0.521. The number of nitrogens with zero attached hydrogens (tertiary/aromatic N) is 2. The van der Waals surface area contributed by atoms with Gasteiger partial charge in [0.05, 0.1) is 22.2 Å². The zero-order chi connectivity index (χ0) is 15.4. The molecule has 106 valence electrons. The van der Waals surface area contributed by atoms with Crippen LogP contribution in [0.25, 0.3) is 0 Å². The van der Waals surface area contributed by atoms with E-state index < -0.39 is 10.7 Å². The first-order valence-electron chi connectivity index (χ1n) is 5.87. The fourth-order valence-electron chi connectivity index (χ4n) is 1.71. The highest BCUT2D eigenvalue weighted by Gasteiger charge is 2.10. The minimum absolute atomic E-state index is 0.0184. The van der Waals surface area contributed by atoms with Crippen LogP contribution in [-0.2, 0) is 6.54 Å². The number of benzene rings is 2. The third kappa shape index (κ3) is 3.55. The van der Waals surface area contributed by atoms with Crippen LogP contribution < -0.4 is 5.32 Å². The van der Waals surface area contributed by atoms with E-state index in [-0.39, 0.29) is 16.9 Å². The van der Waals surface area contributed by atoms with E-state index in [2.05, 4.69) is 21.2 Å². The molecule has 2 rings (SSSR count). The number of halogens is 2. The van der Waals surface area contributed by atoms with E-state index in [1.165, 1.54) is 24.3 Å². The Bertz CT molecular complexity index is 743. The zero-order valence-electron chi connectivity index (χ0n) is 10.6. The van der Waals surface area contributed by atoms with E-state index in [1.54, 1.807) is 6.07 Å². The molecule has 0 saturated heterocycles. The van der Waals surface area contributed by atoms with Crippen LogP contribution in [-0.4, -0.2) is 4.92 Å². The van der Waals surface area contributed by atoms with Gasteiger partial charge in [-0.05, 0) is 29.8 Å². The molecule has 0 aromatic heterocycles. The number of hydrogen-bond donors (Lipinski definition) is 1. The van der Waals surface area contributed by atoms with E-state index in [4.69, 9.17) is 5.26 Å². The Morgan fingerprint density at radius 3 is 2.67 bits per heavy atom. The van der Waals surface area contributed by atoms with Gasteiger partial charge in [-0.15, -0.1) is 0 Å². The zero-order valence-corrected chi connectivity index (χ0v) is 12.2. The highest BCUT2D eigenvalue weighted by Crippen LogP contribution is 2.24. The van der Waals surface area contributed by atoms with Crippen LogP contribution in [0, 0.1) is 27.3 Å². The lowest BCUT2D eigenvalue weighted by atomic mass is 10.2. The standard InChI is InChI=1S/C14H9BrFN3O2/c15-12-6-11(19(20)21)3-2-10(12)8-18-14-4-1-9(7-17)5-13(14)16/h1-6,18H,8H2. The van der Waals surface area contributed by atoms with Gasteiger partial charge >= 0.3 is 0 Å². The van der Waals surface area contributed by atoms with Crippen molar-refractivity contribution < 1.29 is 9.31 Å². The Morgan fingerprint density at radius 1 is 1.33 bits per heavy atom. The Hall–Kier alpha value is -2.46. The molecule has 0 unspecified atom stereocenters. The highest BCUT2D eigenvalue weighted by molar-refractivity contribution is 9.10. The number of nitro benzene ring substituents is 1. The van der Waals surface area contributed by atoms with Crippen molar-refractivity contribution in [2.45, 2.75) is 6.54 Å². The average Bonchev–Trinajstić information content (AvgIpc) is 2.46. The highest BCUT2D eigenvalue weighted by atomic mass is 79.9. The lowest BCUT2D eigenvalue weighted by Gasteiger charge is -2.09. The molecule has 0 amide bonds. The molecule has 0 spiro atoms. The van der Waals surface area contributed by atoms with Crippen molar-refractivity contribution in [3.8, 4) is 6.07 Å². The second-order valence-corrected chi connectivity index (χ2v) is 5.05. The summed E-state index contributed by atoms with van der Waals surface area (Å²) >= 11 is 3.25. The molecular formula is C14H9BrFN3O2. The summed E-state index contributed by atoms with van der Waals surface area (Å²) < 4.78 is 14.3. The molecule has 0 aliphatic rings. The maximum Gasteiger partial charge on any atom is 0.270 e. The van der Waals surface area contributed by atoms with Gasteiger partial charge in [-0.3, -0.25) is 10.1 Å². The number of nitrogens with one attached hydrogen (secondary N) is 1. The number of nitro groups is 1. The van der Waals surface area contributed by atoms with Gasteiger partial charge in [-0.2, -0.15) is 5.26 Å². The molecule has 0 heterocycles. The van der Waals surface area contributed by atoms with Gasteiger partial charge in [-0.25, -0.2) is 4.39 Å². The largest absolute Gasteiger partial charge is 0.379 e. The van der Waals surface area contributed by atoms with Crippen LogP contribution in [0.5, 0.6) is 0 Å². The van der Waals surface area contributed by atoms with Gasteiger partial charge in [-0.1, -0.05) is 15.9 Å². The van der Waals surface area contributed by atoms with E-state index in [0.717, 1.165) is 11.6 Å². The molecule has 0 radical (unpaired) electrons. The van der Waals surface area contributed by atoms with E-state index >= 15 is 0 Å². The normalized spacial score (nSPS) is 9.95. The molecule has 2 aromatic rings. The van der Waals surface area contributed by atoms with Crippen LogP contribution >= 0.6 is 15.9 Å². The Morgan fingerprint density at radius 2 is 2.10 bits per heavy atom. The molecule has 0 aliphatic carbocycles. The van der Waals surface area contributed by atoms with E-state index in [0.29, 0.717) is 11.0 Å². The van der Waals surface area contributed by atoms with Crippen LogP contribution in [0.1, 0.15) is 11.1 Å². The van der Waals surface area contributed by atoms with Crippen molar-refractivity contribution in [2.75, 3.05) is 5.32 Å². The molecule has 5 nitrogen and oxygen atoms in total. The van der Waals surface area contributed by atoms with Crippen molar-refractivity contribution in [2.24, 2.45) is 0 Å². The second kappa shape index (κ2) is 6.33. The molecule has 0 atom stereocenters. The predicted molar refractivity (Wildman–Crippen MR) is 79.2 cm³/mol. The van der Waals surface area contributed by atoms with Crippen LogP contribution in [0.4, 0.5) is 15.8 Å². The summed E-state index contributed by atoms with van der Waals surface area (Å²) in [5.41, 5.74) is 1.24. The quantitative estimate of drug-likeness (QED) is 0.668. The number of anilines is 1. The van der Waals surface area contributed by atoms with E-state index in [1.807, 2.05) is 6.07 Å². The topological polar surface area (TPSA) is 79.0 Å². The Labute approximate surface area is 128 Å². The lowest BCUT2D eigenvalue weighted by molar-refractivity contribution is -0.384. The summed E-state index contributed by atoms with van der Waals surface area (Å²) in [5.74, 6) is -0.521. The summed E-state index contributed by atoms with van der Waals surface area (Å²) in [4.78, 5) is 10.2. The van der Waals surface area contributed by atoms with Crippen LogP contribution in [0.3, 0.4) is 0 Å². The van der Waals surface area contributed by atoms with Crippen molar-refractivity contribution in [3.05, 3.63) is 67.9 Å². The lowest BCUT2D eigenvalue weighted by Crippen LogP contribution is -2.02. The molecule has 0 saturated carbocycles. The van der Waals surface area contributed by atoms with Crippen molar-refractivity contribution >= 4 is 27.3 Å². The summed E-state index contributed by atoms with van der Waals surface area (Å²) in [6.07, 6.45) is 0. The van der Waals surface area contributed by atoms with Crippen LogP contribution in [0.2, 0.25) is 0 Å². The van der Waals surface area contributed by atoms with Gasteiger partial charge in [0, 0.05) is 23.2 Å². The maximum absolute atomic E-state index is 13.7. The maximum atomic E-state index is 13.7. The molecule has 7 heteroatoms. The Balaban J connectivity index is 2.13. The molecular weight excluding hydrogens is 341 g/mol. The summed E-state index contributed by atoms with van der Waals surface area (Å²) in [6, 6.07) is 10.4. The van der Waals surface area contributed by atoms with Gasteiger partial charge in [0.15, 0.2) is 0 Å². The average molecular weight is 350 g/mol. The van der Waals surface area contributed by atoms with Crippen molar-refractivity contribution in [1.29, 1.82) is 5.26 Å².